The summed E-state index contributed by atoms with van der Waals surface area (Å²) in [4.78, 5) is 12.3. The Hall–Kier alpha value is -1.79. The Balaban J connectivity index is 0.000000240. The molecule has 1 aliphatic rings. The van der Waals surface area contributed by atoms with Crippen molar-refractivity contribution in [2.24, 2.45) is 0 Å². The number of aldehydes is 1. The molecular formula is C14H22N2O4. The highest BCUT2D eigenvalue weighted by Crippen LogP contribution is 2.28. The van der Waals surface area contributed by atoms with Gasteiger partial charge in [0.25, 0.3) is 0 Å². The lowest BCUT2D eigenvalue weighted by Crippen LogP contribution is -2.32. The van der Waals surface area contributed by atoms with Crippen molar-refractivity contribution in [1.29, 1.82) is 0 Å². The third kappa shape index (κ3) is 5.90. The molecule has 0 bridgehead atoms. The second kappa shape index (κ2) is 9.17. The van der Waals surface area contributed by atoms with Gasteiger partial charge >= 0.3 is 0 Å². The molecule has 112 valence electrons. The fourth-order valence-electron chi connectivity index (χ4n) is 1.58. The molecule has 0 spiro atoms. The van der Waals surface area contributed by atoms with Crippen LogP contribution in [0.25, 0.3) is 0 Å². The third-order valence-electron chi connectivity index (χ3n) is 2.73. The Morgan fingerprint density at radius 3 is 2.55 bits per heavy atom. The van der Waals surface area contributed by atoms with E-state index in [9.17, 15) is 4.79 Å². The van der Waals surface area contributed by atoms with Crippen LogP contribution < -0.4 is 15.2 Å². The van der Waals surface area contributed by atoms with Crippen LogP contribution in [0.2, 0.25) is 0 Å². The highest BCUT2D eigenvalue weighted by Gasteiger charge is 2.03. The summed E-state index contributed by atoms with van der Waals surface area (Å²) >= 11 is 0. The van der Waals surface area contributed by atoms with Gasteiger partial charge in [0.2, 0.25) is 0 Å². The Kier molecular flexibility index (Phi) is 7.46. The molecule has 0 amide bonds. The van der Waals surface area contributed by atoms with Gasteiger partial charge in [-0.05, 0) is 19.2 Å². The molecule has 2 rings (SSSR count). The maximum atomic E-state index is 10.1. The minimum Gasteiger partial charge on any atom is -0.493 e. The zero-order valence-corrected chi connectivity index (χ0v) is 12.0. The maximum absolute atomic E-state index is 10.1. The van der Waals surface area contributed by atoms with Gasteiger partial charge in [-0.2, -0.15) is 0 Å². The van der Waals surface area contributed by atoms with Gasteiger partial charge in [0.15, 0.2) is 17.8 Å². The third-order valence-corrected chi connectivity index (χ3v) is 2.73. The lowest BCUT2D eigenvalue weighted by atomic mass is 10.3. The number of carbonyl (C=O) groups excluding carboxylic acids is 1. The van der Waals surface area contributed by atoms with Crippen LogP contribution in [-0.2, 0) is 9.53 Å². The van der Waals surface area contributed by atoms with Gasteiger partial charge in [-0.3, -0.25) is 4.79 Å². The predicted molar refractivity (Wildman–Crippen MR) is 77.3 cm³/mol. The number of rotatable bonds is 4. The first-order valence-corrected chi connectivity index (χ1v) is 6.43. The summed E-state index contributed by atoms with van der Waals surface area (Å²) in [6.07, 6.45) is 0.676. The molecule has 20 heavy (non-hydrogen) atoms. The quantitative estimate of drug-likeness (QED) is 0.650. The maximum Gasteiger partial charge on any atom is 0.162 e. The second-order valence-electron chi connectivity index (χ2n) is 4.30. The summed E-state index contributed by atoms with van der Waals surface area (Å²) in [5.41, 5.74) is 6.12. The number of hydrogen-bond donors (Lipinski definition) is 1. The predicted octanol–water partition coefficient (Wildman–Crippen LogP) is 0.803. The zero-order valence-electron chi connectivity index (χ0n) is 12.0. The van der Waals surface area contributed by atoms with Crippen LogP contribution in [0.3, 0.4) is 0 Å². The first-order chi connectivity index (χ1) is 9.67. The van der Waals surface area contributed by atoms with Crippen LogP contribution in [0.4, 0.5) is 5.69 Å². The SMILES string of the molecule is CN1CCOCC1.COc1cc(N)ccc1OCC=O. The van der Waals surface area contributed by atoms with Crippen molar-refractivity contribution in [2.75, 3.05) is 52.8 Å². The van der Waals surface area contributed by atoms with Gasteiger partial charge in [0.1, 0.15) is 6.61 Å². The number of hydrogen-bond acceptors (Lipinski definition) is 6. The number of ether oxygens (including phenoxy) is 3. The van der Waals surface area contributed by atoms with Crippen molar-refractivity contribution in [3.05, 3.63) is 18.2 Å². The monoisotopic (exact) mass is 282 g/mol. The van der Waals surface area contributed by atoms with Crippen LogP contribution >= 0.6 is 0 Å². The van der Waals surface area contributed by atoms with Gasteiger partial charge < -0.3 is 24.8 Å². The van der Waals surface area contributed by atoms with Crippen molar-refractivity contribution in [1.82, 2.24) is 4.90 Å². The Morgan fingerprint density at radius 1 is 1.35 bits per heavy atom. The van der Waals surface area contributed by atoms with Gasteiger partial charge in [-0.15, -0.1) is 0 Å². The normalized spacial score (nSPS) is 14.9. The summed E-state index contributed by atoms with van der Waals surface area (Å²) in [5.74, 6) is 1.05. The number of morpholine rings is 1. The lowest BCUT2D eigenvalue weighted by molar-refractivity contribution is -0.109. The fourth-order valence-corrected chi connectivity index (χ4v) is 1.58. The first kappa shape index (κ1) is 16.3. The minimum atomic E-state index is 0.0142. The van der Waals surface area contributed by atoms with Crippen molar-refractivity contribution >= 4 is 12.0 Å². The molecule has 1 aliphatic heterocycles. The average molecular weight is 282 g/mol. The number of benzene rings is 1. The molecular weight excluding hydrogens is 260 g/mol. The van der Waals surface area contributed by atoms with E-state index in [0.717, 1.165) is 26.3 Å². The van der Waals surface area contributed by atoms with Gasteiger partial charge in [-0.25, -0.2) is 0 Å². The molecule has 0 saturated carbocycles. The highest BCUT2D eigenvalue weighted by molar-refractivity contribution is 5.55. The molecule has 1 saturated heterocycles. The summed E-state index contributed by atoms with van der Waals surface area (Å²) < 4.78 is 15.2. The average Bonchev–Trinajstić information content (AvgIpc) is 2.47. The summed E-state index contributed by atoms with van der Waals surface area (Å²) in [6.45, 7) is 4.03. The van der Waals surface area contributed by atoms with E-state index < -0.39 is 0 Å². The van der Waals surface area contributed by atoms with Gasteiger partial charge in [-0.1, -0.05) is 0 Å². The zero-order chi connectivity index (χ0) is 14.8. The summed E-state index contributed by atoms with van der Waals surface area (Å²) in [5, 5.41) is 0. The number of methoxy groups -OCH3 is 1. The smallest absolute Gasteiger partial charge is 0.162 e. The van der Waals surface area contributed by atoms with Crippen LogP contribution in [0, 0.1) is 0 Å². The lowest BCUT2D eigenvalue weighted by Gasteiger charge is -2.21. The Labute approximate surface area is 119 Å². The van der Waals surface area contributed by atoms with Crippen LogP contribution in [0.5, 0.6) is 11.5 Å². The van der Waals surface area contributed by atoms with Crippen LogP contribution in [-0.4, -0.2) is 58.3 Å². The summed E-state index contributed by atoms with van der Waals surface area (Å²) in [6, 6.07) is 4.99. The Morgan fingerprint density at radius 2 is 2.05 bits per heavy atom. The molecule has 1 aromatic rings. The van der Waals surface area contributed by atoms with Crippen LogP contribution in [0.15, 0.2) is 18.2 Å². The molecule has 6 nitrogen and oxygen atoms in total. The second-order valence-corrected chi connectivity index (χ2v) is 4.30. The molecule has 1 aromatic carbocycles. The standard InChI is InChI=1S/C9H11NO3.C5H11NO/c1-12-9-6-7(10)2-3-8(9)13-5-4-11;1-6-2-4-7-5-3-6/h2-4,6H,5,10H2,1H3;2-5H2,1H3. The van der Waals surface area contributed by atoms with E-state index in [4.69, 9.17) is 19.9 Å². The van der Waals surface area contributed by atoms with E-state index in [1.54, 1.807) is 18.2 Å². The number of nitrogens with zero attached hydrogens (tertiary/aromatic N) is 1. The van der Waals surface area contributed by atoms with Crippen molar-refractivity contribution in [3.63, 3.8) is 0 Å². The van der Waals surface area contributed by atoms with Crippen LogP contribution in [0.1, 0.15) is 0 Å². The number of nitrogen functional groups attached to an aromatic ring is 1. The molecule has 0 aliphatic carbocycles. The Bertz CT molecular complexity index is 406. The minimum absolute atomic E-state index is 0.0142. The van der Waals surface area contributed by atoms with Gasteiger partial charge in [0, 0.05) is 24.8 Å². The molecule has 6 heteroatoms. The number of likely N-dealkylation sites (N-methyl/N-ethyl adjacent to an activating group) is 1. The fraction of sp³-hybridized carbons (Fsp3) is 0.500. The molecule has 2 N–H and O–H groups in total. The molecule has 1 heterocycles. The number of anilines is 1. The molecule has 1 fully saturated rings. The topological polar surface area (TPSA) is 74.0 Å². The largest absolute Gasteiger partial charge is 0.493 e. The van der Waals surface area contributed by atoms with Crippen molar-refractivity contribution in [3.8, 4) is 11.5 Å². The molecule has 0 unspecified atom stereocenters. The number of carbonyl (C=O) groups is 1. The van der Waals surface area contributed by atoms with Gasteiger partial charge in [0.05, 0.1) is 20.3 Å². The number of nitrogens with two attached hydrogens (primary N) is 1. The molecule has 0 radical (unpaired) electrons. The summed E-state index contributed by atoms with van der Waals surface area (Å²) in [7, 11) is 3.63. The van der Waals surface area contributed by atoms with Crippen molar-refractivity contribution < 1.29 is 19.0 Å². The highest BCUT2D eigenvalue weighted by atomic mass is 16.5. The van der Waals surface area contributed by atoms with E-state index in [-0.39, 0.29) is 6.61 Å². The van der Waals surface area contributed by atoms with E-state index >= 15 is 0 Å². The van der Waals surface area contributed by atoms with E-state index in [2.05, 4.69) is 11.9 Å². The van der Waals surface area contributed by atoms with Crippen molar-refractivity contribution in [2.45, 2.75) is 0 Å². The van der Waals surface area contributed by atoms with E-state index in [1.165, 1.54) is 7.11 Å². The molecule has 0 atom stereocenters. The van der Waals surface area contributed by atoms with E-state index in [0.29, 0.717) is 23.5 Å². The first-order valence-electron chi connectivity index (χ1n) is 6.43. The van der Waals surface area contributed by atoms with E-state index in [1.807, 2.05) is 0 Å². The molecule has 0 aromatic heterocycles.